The van der Waals surface area contributed by atoms with Gasteiger partial charge in [0, 0.05) is 11.6 Å². The Morgan fingerprint density at radius 2 is 2.05 bits per heavy atom. The Kier molecular flexibility index (Phi) is 4.67. The Bertz CT molecular complexity index is 704. The summed E-state index contributed by atoms with van der Waals surface area (Å²) in [7, 11) is 0. The summed E-state index contributed by atoms with van der Waals surface area (Å²) in [5, 5.41) is 31.3. The van der Waals surface area contributed by atoms with Crippen LogP contribution in [0, 0.1) is 0 Å². The normalized spacial score (nSPS) is 11.4. The average Bonchev–Trinajstić information content (AvgIpc) is 2.94. The quantitative estimate of drug-likeness (QED) is 0.338. The van der Waals surface area contributed by atoms with Crippen molar-refractivity contribution in [2.24, 2.45) is 5.16 Å². The van der Waals surface area contributed by atoms with Crippen LogP contribution in [-0.2, 0) is 11.2 Å². The molecule has 7 heteroatoms. The molecule has 2 aromatic rings. The largest absolute Gasteiger partial charge is 0.508 e. The molecule has 0 fully saturated rings. The summed E-state index contributed by atoms with van der Waals surface area (Å²) in [5.41, 5.74) is 0.372. The molecular formula is C15H15NO6. The second-order valence-electron chi connectivity index (χ2n) is 4.41. The highest BCUT2D eigenvalue weighted by Gasteiger charge is 2.16. The lowest BCUT2D eigenvalue weighted by atomic mass is 10.0. The predicted octanol–water partition coefficient (Wildman–Crippen LogP) is 2.29. The summed E-state index contributed by atoms with van der Waals surface area (Å²) in [6.07, 6.45) is 0.0498. The minimum absolute atomic E-state index is 0.0454. The van der Waals surface area contributed by atoms with E-state index in [1.54, 1.807) is 13.0 Å². The Balaban J connectivity index is 2.19. The fourth-order valence-corrected chi connectivity index (χ4v) is 1.90. The molecule has 0 aliphatic rings. The van der Waals surface area contributed by atoms with Crippen LogP contribution >= 0.6 is 0 Å². The molecule has 0 spiro atoms. The van der Waals surface area contributed by atoms with Gasteiger partial charge in [-0.15, -0.1) is 0 Å². The van der Waals surface area contributed by atoms with E-state index in [4.69, 9.17) is 14.4 Å². The first-order chi connectivity index (χ1) is 10.5. The van der Waals surface area contributed by atoms with E-state index in [-0.39, 0.29) is 41.6 Å². The van der Waals surface area contributed by atoms with Crippen molar-refractivity contribution in [3.8, 4) is 11.5 Å². The van der Waals surface area contributed by atoms with E-state index in [1.807, 2.05) is 0 Å². The van der Waals surface area contributed by atoms with Gasteiger partial charge in [-0.2, -0.15) is 0 Å². The number of hydrogen-bond acceptors (Lipinski definition) is 7. The zero-order valence-electron chi connectivity index (χ0n) is 11.8. The number of rotatable bonds is 5. The van der Waals surface area contributed by atoms with E-state index in [1.165, 1.54) is 18.2 Å². The fraction of sp³-hybridized carbons (Fsp3) is 0.200. The molecule has 1 aromatic heterocycles. The summed E-state index contributed by atoms with van der Waals surface area (Å²) >= 11 is 0. The number of phenolic OH excluding ortho intramolecular Hbond substituents is 2. The molecule has 2 rings (SSSR count). The first kappa shape index (κ1) is 15.4. The maximum absolute atomic E-state index is 11.5. The van der Waals surface area contributed by atoms with E-state index < -0.39 is 5.97 Å². The monoisotopic (exact) mass is 305 g/mol. The molecule has 0 aliphatic heterocycles. The molecule has 0 saturated carbocycles. The minimum atomic E-state index is -0.580. The van der Waals surface area contributed by atoms with Gasteiger partial charge in [-0.1, -0.05) is 5.16 Å². The molecule has 0 aliphatic carbocycles. The first-order valence-electron chi connectivity index (χ1n) is 6.54. The van der Waals surface area contributed by atoms with Crippen LogP contribution in [0.25, 0.3) is 0 Å². The molecule has 0 unspecified atom stereocenters. The topological polar surface area (TPSA) is 112 Å². The number of esters is 1. The van der Waals surface area contributed by atoms with Crippen LogP contribution in [0.15, 0.2) is 39.9 Å². The number of phenols is 2. The summed E-state index contributed by atoms with van der Waals surface area (Å²) in [5.74, 6) is -0.512. The molecule has 1 heterocycles. The van der Waals surface area contributed by atoms with Crippen molar-refractivity contribution in [1.29, 1.82) is 0 Å². The number of furan rings is 1. The number of oxime groups is 1. The van der Waals surface area contributed by atoms with Gasteiger partial charge in [0.1, 0.15) is 17.3 Å². The molecule has 0 bridgehead atoms. The third kappa shape index (κ3) is 3.38. The Morgan fingerprint density at radius 3 is 2.68 bits per heavy atom. The minimum Gasteiger partial charge on any atom is -0.508 e. The molecule has 0 radical (unpaired) electrons. The van der Waals surface area contributed by atoms with Gasteiger partial charge in [-0.25, -0.2) is 4.79 Å². The van der Waals surface area contributed by atoms with E-state index in [0.29, 0.717) is 5.76 Å². The van der Waals surface area contributed by atoms with E-state index in [0.717, 1.165) is 6.07 Å². The second-order valence-corrected chi connectivity index (χ2v) is 4.41. The number of carbonyl (C=O) groups is 1. The molecule has 3 N–H and O–H groups in total. The number of nitrogens with zero attached hydrogens (tertiary/aromatic N) is 1. The van der Waals surface area contributed by atoms with Crippen molar-refractivity contribution in [2.45, 2.75) is 13.3 Å². The zero-order chi connectivity index (χ0) is 16.1. The predicted molar refractivity (Wildman–Crippen MR) is 76.5 cm³/mol. The molecular weight excluding hydrogens is 290 g/mol. The van der Waals surface area contributed by atoms with Crippen molar-refractivity contribution < 1.29 is 29.4 Å². The van der Waals surface area contributed by atoms with Crippen LogP contribution in [0.3, 0.4) is 0 Å². The second kappa shape index (κ2) is 6.66. The van der Waals surface area contributed by atoms with Crippen molar-refractivity contribution in [3.05, 3.63) is 47.4 Å². The van der Waals surface area contributed by atoms with Crippen molar-refractivity contribution in [1.82, 2.24) is 0 Å². The summed E-state index contributed by atoms with van der Waals surface area (Å²) < 4.78 is 10.1. The SMILES string of the molecule is CCOC(=O)c1ccc(C/C(=N/O)c2ccc(O)cc2O)o1. The maximum atomic E-state index is 11.5. The maximum Gasteiger partial charge on any atom is 0.374 e. The summed E-state index contributed by atoms with van der Waals surface area (Å²) in [4.78, 5) is 11.5. The Hall–Kier alpha value is -2.96. The average molecular weight is 305 g/mol. The summed E-state index contributed by atoms with van der Waals surface area (Å²) in [6.45, 7) is 1.92. The fourth-order valence-electron chi connectivity index (χ4n) is 1.90. The molecule has 0 saturated heterocycles. The number of ether oxygens (including phenoxy) is 1. The lowest BCUT2D eigenvalue weighted by Gasteiger charge is -2.06. The van der Waals surface area contributed by atoms with Gasteiger partial charge in [0.2, 0.25) is 5.76 Å². The van der Waals surface area contributed by atoms with E-state index >= 15 is 0 Å². The highest BCUT2D eigenvalue weighted by molar-refractivity contribution is 6.03. The third-order valence-electron chi connectivity index (χ3n) is 2.89. The Labute approximate surface area is 126 Å². The number of aromatic hydroxyl groups is 2. The van der Waals surface area contributed by atoms with Crippen LogP contribution in [0.1, 0.15) is 28.8 Å². The number of benzene rings is 1. The third-order valence-corrected chi connectivity index (χ3v) is 2.89. The standard InChI is InChI=1S/C15H15NO6/c1-2-21-15(19)14-6-4-10(22-14)8-12(16-20)11-5-3-9(17)7-13(11)18/h3-7,17-18,20H,2,8H2,1H3/b16-12-. The number of hydrogen-bond donors (Lipinski definition) is 3. The highest BCUT2D eigenvalue weighted by atomic mass is 16.5. The smallest absolute Gasteiger partial charge is 0.374 e. The lowest BCUT2D eigenvalue weighted by molar-refractivity contribution is 0.0488. The molecule has 7 nitrogen and oxygen atoms in total. The van der Waals surface area contributed by atoms with Gasteiger partial charge in [0.15, 0.2) is 0 Å². The van der Waals surface area contributed by atoms with Gasteiger partial charge in [-0.3, -0.25) is 0 Å². The Morgan fingerprint density at radius 1 is 1.27 bits per heavy atom. The van der Waals surface area contributed by atoms with Crippen LogP contribution in [0.5, 0.6) is 11.5 Å². The van der Waals surface area contributed by atoms with E-state index in [9.17, 15) is 15.0 Å². The van der Waals surface area contributed by atoms with Gasteiger partial charge in [0.05, 0.1) is 18.7 Å². The van der Waals surface area contributed by atoms with E-state index in [2.05, 4.69) is 5.16 Å². The molecule has 0 atom stereocenters. The molecule has 1 aromatic carbocycles. The van der Waals surface area contributed by atoms with Gasteiger partial charge < -0.3 is 24.6 Å². The lowest BCUT2D eigenvalue weighted by Crippen LogP contribution is -2.06. The summed E-state index contributed by atoms with van der Waals surface area (Å²) in [6, 6.07) is 6.90. The van der Waals surface area contributed by atoms with Gasteiger partial charge >= 0.3 is 5.97 Å². The highest BCUT2D eigenvalue weighted by Crippen LogP contribution is 2.24. The van der Waals surface area contributed by atoms with Gasteiger partial charge in [0.25, 0.3) is 0 Å². The molecule has 22 heavy (non-hydrogen) atoms. The van der Waals surface area contributed by atoms with Crippen LogP contribution < -0.4 is 0 Å². The van der Waals surface area contributed by atoms with Crippen LogP contribution in [0.4, 0.5) is 0 Å². The van der Waals surface area contributed by atoms with Crippen LogP contribution in [-0.4, -0.2) is 33.7 Å². The zero-order valence-corrected chi connectivity index (χ0v) is 11.8. The van der Waals surface area contributed by atoms with Crippen molar-refractivity contribution in [3.63, 3.8) is 0 Å². The van der Waals surface area contributed by atoms with Gasteiger partial charge in [-0.05, 0) is 31.2 Å². The van der Waals surface area contributed by atoms with Crippen molar-refractivity contribution >= 4 is 11.7 Å². The van der Waals surface area contributed by atoms with Crippen LogP contribution in [0.2, 0.25) is 0 Å². The number of carbonyl (C=O) groups excluding carboxylic acids is 1. The molecule has 116 valence electrons. The first-order valence-corrected chi connectivity index (χ1v) is 6.54. The molecule has 0 amide bonds. The van der Waals surface area contributed by atoms with Crippen molar-refractivity contribution in [2.75, 3.05) is 6.61 Å².